The van der Waals surface area contributed by atoms with Gasteiger partial charge in [0.15, 0.2) is 0 Å². The maximum Gasteiger partial charge on any atom is 0.275 e. The Labute approximate surface area is 120 Å². The van der Waals surface area contributed by atoms with E-state index in [1.165, 1.54) is 11.3 Å². The number of hydrogen-bond donors (Lipinski definition) is 2. The Bertz CT molecular complexity index is 610. The summed E-state index contributed by atoms with van der Waals surface area (Å²) in [7, 11) is 0. The van der Waals surface area contributed by atoms with Gasteiger partial charge in [-0.25, -0.2) is 4.98 Å². The van der Waals surface area contributed by atoms with Gasteiger partial charge in [0.05, 0.1) is 6.04 Å². The van der Waals surface area contributed by atoms with E-state index < -0.39 is 0 Å². The summed E-state index contributed by atoms with van der Waals surface area (Å²) >= 11 is 7.26. The lowest BCUT2D eigenvalue weighted by Crippen LogP contribution is -2.14. The molecule has 1 atom stereocenters. The lowest BCUT2D eigenvalue weighted by atomic mass is 10.2. The predicted octanol–water partition coefficient (Wildman–Crippen LogP) is 3.38. The number of nitrogens with one attached hydrogen (secondary N) is 1. The zero-order chi connectivity index (χ0) is 14.0. The molecule has 1 aromatic heterocycles. The Morgan fingerprint density at radius 1 is 1.53 bits per heavy atom. The number of aryl methyl sites for hydroxylation is 1. The van der Waals surface area contributed by atoms with Gasteiger partial charge in [-0.15, -0.1) is 11.3 Å². The van der Waals surface area contributed by atoms with E-state index in [4.69, 9.17) is 17.3 Å². The Hall–Kier alpha value is -1.43. The van der Waals surface area contributed by atoms with Crippen molar-refractivity contribution in [2.24, 2.45) is 5.73 Å². The first-order chi connectivity index (χ1) is 8.97. The number of benzene rings is 1. The van der Waals surface area contributed by atoms with Crippen LogP contribution in [0, 0.1) is 6.92 Å². The van der Waals surface area contributed by atoms with Crippen molar-refractivity contribution in [1.29, 1.82) is 0 Å². The Balaban J connectivity index is 2.16. The van der Waals surface area contributed by atoms with Gasteiger partial charge in [0.25, 0.3) is 5.91 Å². The van der Waals surface area contributed by atoms with Crippen LogP contribution in [0.15, 0.2) is 23.6 Å². The van der Waals surface area contributed by atoms with Crippen LogP contribution in [0.25, 0.3) is 0 Å². The number of thiazole rings is 1. The lowest BCUT2D eigenvalue weighted by molar-refractivity contribution is 0.102. The largest absolute Gasteiger partial charge is 0.322 e. The predicted molar refractivity (Wildman–Crippen MR) is 78.9 cm³/mol. The molecule has 0 saturated heterocycles. The first-order valence-corrected chi connectivity index (χ1v) is 7.01. The van der Waals surface area contributed by atoms with Crippen LogP contribution in [0.3, 0.4) is 0 Å². The molecule has 2 aromatic rings. The molecule has 0 aliphatic carbocycles. The van der Waals surface area contributed by atoms with Gasteiger partial charge in [-0.3, -0.25) is 4.79 Å². The molecular formula is C13H14ClN3OS. The monoisotopic (exact) mass is 295 g/mol. The van der Waals surface area contributed by atoms with Crippen molar-refractivity contribution in [1.82, 2.24) is 4.98 Å². The molecule has 0 fully saturated rings. The molecule has 6 heteroatoms. The zero-order valence-corrected chi connectivity index (χ0v) is 12.2. The molecule has 0 aliphatic rings. The zero-order valence-electron chi connectivity index (χ0n) is 10.6. The summed E-state index contributed by atoms with van der Waals surface area (Å²) in [6.45, 7) is 3.72. The molecule has 19 heavy (non-hydrogen) atoms. The molecular weight excluding hydrogens is 282 g/mol. The molecule has 4 nitrogen and oxygen atoms in total. The van der Waals surface area contributed by atoms with Gasteiger partial charge in [-0.05, 0) is 37.6 Å². The molecule has 2 rings (SSSR count). The van der Waals surface area contributed by atoms with Crippen LogP contribution in [-0.2, 0) is 0 Å². The second-order valence-electron chi connectivity index (χ2n) is 4.27. The fourth-order valence-electron chi connectivity index (χ4n) is 1.55. The van der Waals surface area contributed by atoms with Crippen LogP contribution in [0.4, 0.5) is 5.69 Å². The minimum atomic E-state index is -0.242. The normalized spacial score (nSPS) is 12.2. The highest BCUT2D eigenvalue weighted by Gasteiger charge is 2.13. The summed E-state index contributed by atoms with van der Waals surface area (Å²) in [5, 5.41) is 5.91. The summed E-state index contributed by atoms with van der Waals surface area (Å²) in [4.78, 5) is 16.3. The third-order valence-electron chi connectivity index (χ3n) is 2.58. The van der Waals surface area contributed by atoms with Gasteiger partial charge in [0.2, 0.25) is 0 Å². The summed E-state index contributed by atoms with van der Waals surface area (Å²) < 4.78 is 0. The van der Waals surface area contributed by atoms with Crippen molar-refractivity contribution in [2.75, 3.05) is 5.32 Å². The molecule has 0 spiro atoms. The number of anilines is 1. The van der Waals surface area contributed by atoms with E-state index >= 15 is 0 Å². The molecule has 1 amide bonds. The van der Waals surface area contributed by atoms with Gasteiger partial charge < -0.3 is 11.1 Å². The summed E-state index contributed by atoms with van der Waals surface area (Å²) in [5.74, 6) is -0.242. The fourth-order valence-corrected chi connectivity index (χ4v) is 2.54. The van der Waals surface area contributed by atoms with Gasteiger partial charge in [0, 0.05) is 16.1 Å². The number of halogens is 1. The van der Waals surface area contributed by atoms with Crippen molar-refractivity contribution in [3.63, 3.8) is 0 Å². The number of carbonyl (C=O) groups excluding carboxylic acids is 1. The van der Waals surface area contributed by atoms with Crippen molar-refractivity contribution in [3.05, 3.63) is 44.9 Å². The molecule has 100 valence electrons. The van der Waals surface area contributed by atoms with E-state index in [0.29, 0.717) is 10.7 Å². The fraction of sp³-hybridized carbons (Fsp3) is 0.231. The van der Waals surface area contributed by atoms with Gasteiger partial charge in [-0.2, -0.15) is 0 Å². The van der Waals surface area contributed by atoms with Crippen molar-refractivity contribution in [3.8, 4) is 0 Å². The smallest absolute Gasteiger partial charge is 0.275 e. The van der Waals surface area contributed by atoms with Crippen LogP contribution in [0.1, 0.15) is 34.0 Å². The first-order valence-electron chi connectivity index (χ1n) is 5.76. The van der Waals surface area contributed by atoms with E-state index in [1.807, 2.05) is 13.8 Å². The Morgan fingerprint density at radius 3 is 2.84 bits per heavy atom. The molecule has 1 unspecified atom stereocenters. The molecule has 0 radical (unpaired) electrons. The maximum absolute atomic E-state index is 12.0. The minimum Gasteiger partial charge on any atom is -0.322 e. The number of nitrogens with two attached hydrogens (primary N) is 1. The second-order valence-corrected chi connectivity index (χ2v) is 5.60. The first kappa shape index (κ1) is 14.0. The van der Waals surface area contributed by atoms with Crippen molar-refractivity contribution in [2.45, 2.75) is 19.9 Å². The number of nitrogens with zero attached hydrogens (tertiary/aromatic N) is 1. The maximum atomic E-state index is 12.0. The van der Waals surface area contributed by atoms with Gasteiger partial charge in [0.1, 0.15) is 10.7 Å². The van der Waals surface area contributed by atoms with Crippen LogP contribution in [-0.4, -0.2) is 10.9 Å². The van der Waals surface area contributed by atoms with Crippen molar-refractivity contribution >= 4 is 34.5 Å². The average molecular weight is 296 g/mol. The standard InChI is InChI=1S/C13H14ClN3OS/c1-7-5-9(14)3-4-10(7)16-12(18)11-6-19-13(17-11)8(2)15/h3-6,8H,15H2,1-2H3,(H,16,18). The minimum absolute atomic E-state index is 0.163. The van der Waals surface area contributed by atoms with E-state index in [9.17, 15) is 4.79 Å². The number of hydrogen-bond acceptors (Lipinski definition) is 4. The lowest BCUT2D eigenvalue weighted by Gasteiger charge is -2.07. The van der Waals surface area contributed by atoms with Crippen molar-refractivity contribution < 1.29 is 4.79 Å². The molecule has 0 aliphatic heterocycles. The highest BCUT2D eigenvalue weighted by molar-refractivity contribution is 7.09. The number of aromatic nitrogens is 1. The van der Waals surface area contributed by atoms with Crippen LogP contribution in [0.5, 0.6) is 0 Å². The van der Waals surface area contributed by atoms with E-state index in [0.717, 1.165) is 16.3 Å². The number of rotatable bonds is 3. The highest BCUT2D eigenvalue weighted by Crippen LogP contribution is 2.21. The highest BCUT2D eigenvalue weighted by atomic mass is 35.5. The SMILES string of the molecule is Cc1cc(Cl)ccc1NC(=O)c1csc(C(C)N)n1. The number of carbonyl (C=O) groups is 1. The van der Waals surface area contributed by atoms with Crippen LogP contribution in [0.2, 0.25) is 5.02 Å². The third-order valence-corrected chi connectivity index (χ3v) is 3.86. The molecule has 0 saturated carbocycles. The van der Waals surface area contributed by atoms with Crippen LogP contribution < -0.4 is 11.1 Å². The summed E-state index contributed by atoms with van der Waals surface area (Å²) in [6.07, 6.45) is 0. The van der Waals surface area contributed by atoms with Gasteiger partial charge >= 0.3 is 0 Å². The summed E-state index contributed by atoms with van der Waals surface area (Å²) in [6, 6.07) is 5.14. The third kappa shape index (κ3) is 3.32. The second kappa shape index (κ2) is 5.69. The summed E-state index contributed by atoms with van der Waals surface area (Å²) in [5.41, 5.74) is 7.74. The van der Waals surface area contributed by atoms with Crippen LogP contribution >= 0.6 is 22.9 Å². The quantitative estimate of drug-likeness (QED) is 0.912. The molecule has 1 aromatic carbocycles. The van der Waals surface area contributed by atoms with E-state index in [1.54, 1.807) is 23.6 Å². The topological polar surface area (TPSA) is 68.0 Å². The number of amides is 1. The van der Waals surface area contributed by atoms with Gasteiger partial charge in [-0.1, -0.05) is 11.6 Å². The Morgan fingerprint density at radius 2 is 2.26 bits per heavy atom. The molecule has 3 N–H and O–H groups in total. The molecule has 0 bridgehead atoms. The van der Waals surface area contributed by atoms with E-state index in [-0.39, 0.29) is 11.9 Å². The Kier molecular flexibility index (Phi) is 4.19. The van der Waals surface area contributed by atoms with E-state index in [2.05, 4.69) is 10.3 Å². The average Bonchev–Trinajstić information content (AvgIpc) is 2.82. The molecule has 1 heterocycles.